The minimum Gasteiger partial charge on any atom is -0.266 e. The maximum atomic E-state index is 12.7. The molecule has 1 aliphatic heterocycles. The van der Waals surface area contributed by atoms with Crippen LogP contribution in [0.25, 0.3) is 10.8 Å². The van der Waals surface area contributed by atoms with Gasteiger partial charge in [-0.15, -0.1) is 9.35 Å². The number of unbranched alkanes of at least 4 members (excludes halogenated alkanes) is 4. The van der Waals surface area contributed by atoms with Gasteiger partial charge in [-0.05, 0) is 35.9 Å². The van der Waals surface area contributed by atoms with Gasteiger partial charge in [0.2, 0.25) is 0 Å². The third kappa shape index (κ3) is 4.20. The van der Waals surface area contributed by atoms with Crippen molar-refractivity contribution in [3.8, 4) is 0 Å². The first-order chi connectivity index (χ1) is 14.1. The van der Waals surface area contributed by atoms with Crippen molar-refractivity contribution in [3.63, 3.8) is 0 Å². The van der Waals surface area contributed by atoms with Crippen molar-refractivity contribution in [2.75, 3.05) is 0 Å². The molecular weight excluding hydrogens is 423 g/mol. The van der Waals surface area contributed by atoms with Crippen molar-refractivity contribution in [1.29, 1.82) is 0 Å². The Morgan fingerprint density at radius 2 is 1.63 bits per heavy atom. The molecule has 0 N–H and O–H groups in total. The third-order valence-electron chi connectivity index (χ3n) is 4.89. The van der Waals surface area contributed by atoms with Gasteiger partial charge in [0.25, 0.3) is 11.8 Å². The van der Waals surface area contributed by atoms with Crippen LogP contribution in [0, 0.1) is 0 Å². The Balaban J connectivity index is 1.97. The lowest BCUT2D eigenvalue weighted by Gasteiger charge is -2.26. The van der Waals surface area contributed by atoms with Crippen LogP contribution >= 0.6 is 0 Å². The second-order valence-corrected chi connectivity index (χ2v) is 8.61. The monoisotopic (exact) mass is 443 g/mol. The largest absolute Gasteiger partial charge is 0.525 e. The minimum atomic E-state index is -6.18. The highest BCUT2D eigenvalue weighted by Gasteiger charge is 2.51. The number of aryl methyl sites for hydroxylation is 1. The lowest BCUT2D eigenvalue weighted by molar-refractivity contribution is -0.0761. The first-order valence-electron chi connectivity index (χ1n) is 9.52. The van der Waals surface area contributed by atoms with E-state index in [1.807, 2.05) is 6.07 Å². The van der Waals surface area contributed by atoms with Crippen molar-refractivity contribution in [3.05, 3.63) is 47.0 Å². The van der Waals surface area contributed by atoms with Gasteiger partial charge in [-0.1, -0.05) is 50.8 Å². The maximum absolute atomic E-state index is 12.7. The number of nitrogens with zero attached hydrogens (tertiary/aromatic N) is 1. The van der Waals surface area contributed by atoms with Crippen molar-refractivity contribution >= 4 is 32.7 Å². The van der Waals surface area contributed by atoms with E-state index in [2.05, 4.69) is 11.2 Å². The molecule has 0 radical (unpaired) electrons. The Morgan fingerprint density at radius 3 is 2.30 bits per heavy atom. The number of hydrogen-bond acceptors (Lipinski definition) is 5. The molecule has 0 unspecified atom stereocenters. The van der Waals surface area contributed by atoms with Gasteiger partial charge in [-0.3, -0.25) is 9.59 Å². The molecule has 0 fully saturated rings. The van der Waals surface area contributed by atoms with E-state index in [1.165, 1.54) is 18.2 Å². The fourth-order valence-electron chi connectivity index (χ4n) is 3.43. The van der Waals surface area contributed by atoms with E-state index in [1.54, 1.807) is 6.07 Å². The van der Waals surface area contributed by atoms with Crippen molar-refractivity contribution < 1.29 is 35.5 Å². The topological polar surface area (TPSA) is 80.8 Å². The van der Waals surface area contributed by atoms with Crippen LogP contribution in [0.1, 0.15) is 65.3 Å². The number of hydrogen-bond donors (Lipinski definition) is 0. The molecule has 2 aromatic rings. The molecule has 30 heavy (non-hydrogen) atoms. The summed E-state index contributed by atoms with van der Waals surface area (Å²) in [6, 6.07) is 7.81. The van der Waals surface area contributed by atoms with Crippen LogP contribution in [0.4, 0.5) is 13.2 Å². The molecule has 3 rings (SSSR count). The normalized spacial score (nSPS) is 14.6. The van der Waals surface area contributed by atoms with Gasteiger partial charge in [0.15, 0.2) is 0 Å². The number of carbonyl (C=O) groups excluding carboxylic acids is 2. The summed E-state index contributed by atoms with van der Waals surface area (Å²) in [5, 5.41) is 0.519. The molecule has 0 saturated carbocycles. The lowest BCUT2D eigenvalue weighted by atomic mass is 9.91. The summed E-state index contributed by atoms with van der Waals surface area (Å²) < 4.78 is 64.7. The molecular formula is C20H20F3NO5S. The standard InChI is InChI=1S/C20H20F3NO5S/c1-2-3-4-5-6-8-13-11-14-9-7-10-15-17(14)16(12-13)19(26)24(18(15)25)29-30(27,28)20(21,22)23/h7,9-12H,2-6,8H2,1H3. The molecule has 0 saturated heterocycles. The number of rotatable bonds is 8. The summed E-state index contributed by atoms with van der Waals surface area (Å²) in [5.41, 5.74) is -5.18. The maximum Gasteiger partial charge on any atom is 0.525 e. The molecule has 1 heterocycles. The first-order valence-corrected chi connectivity index (χ1v) is 10.9. The Labute approximate surface area is 171 Å². The number of carbonyl (C=O) groups is 2. The van der Waals surface area contributed by atoms with Gasteiger partial charge in [0.1, 0.15) is 0 Å². The highest BCUT2D eigenvalue weighted by molar-refractivity contribution is 7.87. The summed E-state index contributed by atoms with van der Waals surface area (Å²) in [5.74, 6) is -2.51. The molecule has 10 heteroatoms. The molecule has 0 spiro atoms. The number of alkyl halides is 3. The first kappa shape index (κ1) is 22.2. The van der Waals surface area contributed by atoms with E-state index in [0.717, 1.165) is 37.7 Å². The van der Waals surface area contributed by atoms with Crippen LogP contribution in [-0.2, 0) is 20.8 Å². The highest BCUT2D eigenvalue weighted by atomic mass is 32.2. The zero-order valence-electron chi connectivity index (χ0n) is 16.2. The molecule has 2 aromatic carbocycles. The summed E-state index contributed by atoms with van der Waals surface area (Å²) in [6.07, 6.45) is 5.79. The van der Waals surface area contributed by atoms with Gasteiger partial charge in [-0.25, -0.2) is 0 Å². The SMILES string of the molecule is CCCCCCCc1cc2c3c(cccc3c1)C(=O)N(OS(=O)(=O)C(F)(F)F)C2=O. The van der Waals surface area contributed by atoms with Gasteiger partial charge in [0, 0.05) is 5.39 Å². The van der Waals surface area contributed by atoms with Gasteiger partial charge < -0.3 is 0 Å². The van der Waals surface area contributed by atoms with Crippen LogP contribution in [0.2, 0.25) is 0 Å². The zero-order valence-corrected chi connectivity index (χ0v) is 17.0. The Bertz CT molecular complexity index is 1100. The average Bonchev–Trinajstić information content (AvgIpc) is 2.68. The molecule has 2 amide bonds. The summed E-state index contributed by atoms with van der Waals surface area (Å²) in [4.78, 5) is 25.3. The molecule has 0 bridgehead atoms. The second-order valence-electron chi connectivity index (χ2n) is 7.09. The lowest BCUT2D eigenvalue weighted by Crippen LogP contribution is -2.44. The van der Waals surface area contributed by atoms with Crippen molar-refractivity contribution in [2.24, 2.45) is 0 Å². The van der Waals surface area contributed by atoms with Crippen LogP contribution in [0.5, 0.6) is 0 Å². The van der Waals surface area contributed by atoms with E-state index in [0.29, 0.717) is 11.8 Å². The predicted molar refractivity (Wildman–Crippen MR) is 103 cm³/mol. The van der Waals surface area contributed by atoms with Gasteiger partial charge in [0.05, 0.1) is 11.1 Å². The summed E-state index contributed by atoms with van der Waals surface area (Å²) >= 11 is 0. The Morgan fingerprint density at radius 1 is 0.967 bits per heavy atom. The van der Waals surface area contributed by atoms with Crippen molar-refractivity contribution in [1.82, 2.24) is 5.06 Å². The quantitative estimate of drug-likeness (QED) is 0.335. The zero-order chi connectivity index (χ0) is 22.1. The predicted octanol–water partition coefficient (Wildman–Crippen LogP) is 4.73. The molecule has 1 aliphatic rings. The van der Waals surface area contributed by atoms with Gasteiger partial charge >= 0.3 is 15.6 Å². The molecule has 0 aromatic heterocycles. The second kappa shape index (κ2) is 8.35. The molecule has 0 atom stereocenters. The molecule has 0 aliphatic carbocycles. The fraction of sp³-hybridized carbons (Fsp3) is 0.400. The number of imide groups is 1. The number of halogens is 3. The Kier molecular flexibility index (Phi) is 6.19. The average molecular weight is 443 g/mol. The number of amides is 2. The molecule has 162 valence electrons. The van der Waals surface area contributed by atoms with E-state index < -0.39 is 27.4 Å². The van der Waals surface area contributed by atoms with Crippen LogP contribution in [-0.4, -0.2) is 30.8 Å². The Hall–Kier alpha value is -2.46. The van der Waals surface area contributed by atoms with Crippen LogP contribution < -0.4 is 0 Å². The van der Waals surface area contributed by atoms with Crippen LogP contribution in [0.15, 0.2) is 30.3 Å². The van der Waals surface area contributed by atoms with E-state index in [-0.39, 0.29) is 21.6 Å². The third-order valence-corrected chi connectivity index (χ3v) is 5.80. The molecule has 6 nitrogen and oxygen atoms in total. The van der Waals surface area contributed by atoms with Gasteiger partial charge in [-0.2, -0.15) is 21.6 Å². The highest BCUT2D eigenvalue weighted by Crippen LogP contribution is 2.34. The van der Waals surface area contributed by atoms with E-state index in [9.17, 15) is 31.2 Å². The van der Waals surface area contributed by atoms with Crippen molar-refractivity contribution in [2.45, 2.75) is 51.0 Å². The fourth-order valence-corrected chi connectivity index (χ4v) is 3.85. The number of benzene rings is 2. The van der Waals surface area contributed by atoms with E-state index in [4.69, 9.17) is 0 Å². The number of hydroxylamine groups is 2. The minimum absolute atomic E-state index is 0.0661. The van der Waals surface area contributed by atoms with E-state index >= 15 is 0 Å². The smallest absolute Gasteiger partial charge is 0.266 e. The van der Waals surface area contributed by atoms with Crippen LogP contribution in [0.3, 0.4) is 0 Å². The summed E-state index contributed by atoms with van der Waals surface area (Å²) in [7, 11) is -6.18. The summed E-state index contributed by atoms with van der Waals surface area (Å²) in [6.45, 7) is 2.10.